The number of nitrogens with zero attached hydrogens (tertiary/aromatic N) is 2. The first-order valence-corrected chi connectivity index (χ1v) is 7.96. The number of hydrogen-bond acceptors (Lipinski definition) is 3. The summed E-state index contributed by atoms with van der Waals surface area (Å²) >= 11 is 0. The minimum Gasteiger partial charge on any atom is -0.342 e. The second-order valence-corrected chi connectivity index (χ2v) is 6.35. The monoisotopic (exact) mass is 301 g/mol. The summed E-state index contributed by atoms with van der Waals surface area (Å²) in [6.45, 7) is 3.92. The van der Waals surface area contributed by atoms with Crippen LogP contribution in [0.1, 0.15) is 24.8 Å². The Morgan fingerprint density at radius 2 is 1.91 bits per heavy atom. The quantitative estimate of drug-likeness (QED) is 0.895. The summed E-state index contributed by atoms with van der Waals surface area (Å²) in [7, 11) is 0. The van der Waals surface area contributed by atoms with Crippen LogP contribution in [0, 0.1) is 12.8 Å². The van der Waals surface area contributed by atoms with Gasteiger partial charge in [-0.05, 0) is 31.4 Å². The fourth-order valence-corrected chi connectivity index (χ4v) is 3.35. The van der Waals surface area contributed by atoms with Gasteiger partial charge in [0.15, 0.2) is 0 Å². The minimum atomic E-state index is -0.221. The summed E-state index contributed by atoms with van der Waals surface area (Å²) < 4.78 is 0. The molecule has 0 spiro atoms. The first-order chi connectivity index (χ1) is 10.6. The summed E-state index contributed by atoms with van der Waals surface area (Å²) in [6.07, 6.45) is 2.03. The van der Waals surface area contributed by atoms with Crippen molar-refractivity contribution in [1.29, 1.82) is 0 Å². The summed E-state index contributed by atoms with van der Waals surface area (Å²) in [5.41, 5.74) is 7.87. The van der Waals surface area contributed by atoms with E-state index in [0.717, 1.165) is 37.2 Å². The standard InChI is InChI=1S/C17H23N3O2/c1-12-4-2-3-5-15(12)20-11-13(10-16(20)21)17(22)19-8-6-14(18)7-9-19/h2-5,13-14H,6-11,18H2,1H3. The van der Waals surface area contributed by atoms with E-state index >= 15 is 0 Å². The van der Waals surface area contributed by atoms with Crippen LogP contribution in [0.25, 0.3) is 0 Å². The van der Waals surface area contributed by atoms with Crippen LogP contribution in [0.3, 0.4) is 0 Å². The number of piperidine rings is 1. The lowest BCUT2D eigenvalue weighted by Crippen LogP contribution is -2.45. The molecule has 2 amide bonds. The van der Waals surface area contributed by atoms with Gasteiger partial charge in [0.2, 0.25) is 11.8 Å². The second kappa shape index (κ2) is 6.08. The zero-order valence-corrected chi connectivity index (χ0v) is 13.0. The molecule has 5 nitrogen and oxygen atoms in total. The number of rotatable bonds is 2. The number of nitrogens with two attached hydrogens (primary N) is 1. The molecule has 2 aliphatic heterocycles. The number of carbonyl (C=O) groups excluding carboxylic acids is 2. The molecular formula is C17H23N3O2. The van der Waals surface area contributed by atoms with Crippen molar-refractivity contribution in [1.82, 2.24) is 4.90 Å². The predicted molar refractivity (Wildman–Crippen MR) is 85.4 cm³/mol. The van der Waals surface area contributed by atoms with Gasteiger partial charge in [-0.25, -0.2) is 0 Å². The average Bonchev–Trinajstić information content (AvgIpc) is 2.90. The third-order valence-corrected chi connectivity index (χ3v) is 4.73. The molecule has 2 fully saturated rings. The molecule has 0 bridgehead atoms. The summed E-state index contributed by atoms with van der Waals surface area (Å²) in [4.78, 5) is 28.6. The number of aryl methyl sites for hydroxylation is 1. The van der Waals surface area contributed by atoms with Crippen molar-refractivity contribution >= 4 is 17.5 Å². The molecule has 2 saturated heterocycles. The van der Waals surface area contributed by atoms with Gasteiger partial charge in [0.25, 0.3) is 0 Å². The van der Waals surface area contributed by atoms with Crippen molar-refractivity contribution in [3.63, 3.8) is 0 Å². The number of carbonyl (C=O) groups is 2. The van der Waals surface area contributed by atoms with Crippen LogP contribution in [0.4, 0.5) is 5.69 Å². The summed E-state index contributed by atoms with van der Waals surface area (Å²) in [5, 5.41) is 0. The van der Waals surface area contributed by atoms with Gasteiger partial charge in [-0.3, -0.25) is 9.59 Å². The van der Waals surface area contributed by atoms with Gasteiger partial charge in [0, 0.05) is 37.8 Å². The van der Waals surface area contributed by atoms with E-state index in [1.54, 1.807) is 4.90 Å². The maximum absolute atomic E-state index is 12.6. The Kier molecular flexibility index (Phi) is 4.16. The molecule has 118 valence electrons. The third kappa shape index (κ3) is 2.86. The number of benzene rings is 1. The number of amides is 2. The SMILES string of the molecule is Cc1ccccc1N1CC(C(=O)N2CCC(N)CC2)CC1=O. The zero-order chi connectivity index (χ0) is 15.7. The van der Waals surface area contributed by atoms with E-state index in [0.29, 0.717) is 13.0 Å². The Morgan fingerprint density at radius 1 is 1.23 bits per heavy atom. The lowest BCUT2D eigenvalue weighted by Gasteiger charge is -2.32. The summed E-state index contributed by atoms with van der Waals surface area (Å²) in [6, 6.07) is 8.03. The van der Waals surface area contributed by atoms with Crippen molar-refractivity contribution in [2.24, 2.45) is 11.7 Å². The van der Waals surface area contributed by atoms with Gasteiger partial charge >= 0.3 is 0 Å². The smallest absolute Gasteiger partial charge is 0.228 e. The van der Waals surface area contributed by atoms with Crippen LogP contribution in [0.2, 0.25) is 0 Å². The summed E-state index contributed by atoms with van der Waals surface area (Å²) in [5.74, 6) is -0.0703. The average molecular weight is 301 g/mol. The first kappa shape index (κ1) is 15.0. The van der Waals surface area contributed by atoms with Gasteiger partial charge in [0.05, 0.1) is 5.92 Å². The lowest BCUT2D eigenvalue weighted by atomic mass is 10.0. The molecule has 1 aromatic carbocycles. The zero-order valence-electron chi connectivity index (χ0n) is 13.0. The van der Waals surface area contributed by atoms with E-state index in [1.165, 1.54) is 0 Å². The highest BCUT2D eigenvalue weighted by Gasteiger charge is 2.38. The fourth-order valence-electron chi connectivity index (χ4n) is 3.35. The molecule has 0 saturated carbocycles. The molecule has 1 atom stereocenters. The number of likely N-dealkylation sites (tertiary alicyclic amines) is 1. The number of anilines is 1. The van der Waals surface area contributed by atoms with E-state index in [2.05, 4.69) is 0 Å². The van der Waals surface area contributed by atoms with Crippen LogP contribution >= 0.6 is 0 Å². The third-order valence-electron chi connectivity index (χ3n) is 4.73. The highest BCUT2D eigenvalue weighted by atomic mass is 16.2. The van der Waals surface area contributed by atoms with E-state index in [4.69, 9.17) is 5.73 Å². The molecule has 0 aliphatic carbocycles. The van der Waals surface area contributed by atoms with Crippen LogP contribution in [-0.2, 0) is 9.59 Å². The predicted octanol–water partition coefficient (Wildman–Crippen LogP) is 1.30. The van der Waals surface area contributed by atoms with Gasteiger partial charge in [-0.15, -0.1) is 0 Å². The maximum atomic E-state index is 12.6. The van der Waals surface area contributed by atoms with Crippen LogP contribution < -0.4 is 10.6 Å². The minimum absolute atomic E-state index is 0.0429. The number of para-hydroxylation sites is 1. The normalized spacial score (nSPS) is 23.2. The Morgan fingerprint density at radius 3 is 2.59 bits per heavy atom. The van der Waals surface area contributed by atoms with Crippen molar-refractivity contribution in [2.75, 3.05) is 24.5 Å². The van der Waals surface area contributed by atoms with E-state index < -0.39 is 0 Å². The number of hydrogen-bond donors (Lipinski definition) is 1. The van der Waals surface area contributed by atoms with Crippen molar-refractivity contribution in [3.8, 4) is 0 Å². The van der Waals surface area contributed by atoms with Crippen molar-refractivity contribution < 1.29 is 9.59 Å². The van der Waals surface area contributed by atoms with Gasteiger partial charge in [0.1, 0.15) is 0 Å². The van der Waals surface area contributed by atoms with Gasteiger partial charge in [-0.2, -0.15) is 0 Å². The topological polar surface area (TPSA) is 66.6 Å². The Balaban J connectivity index is 1.69. The molecule has 5 heteroatoms. The van der Waals surface area contributed by atoms with Gasteiger partial charge in [-0.1, -0.05) is 18.2 Å². The molecule has 2 heterocycles. The van der Waals surface area contributed by atoms with E-state index in [1.807, 2.05) is 36.1 Å². The molecule has 0 radical (unpaired) electrons. The molecule has 2 aliphatic rings. The van der Waals surface area contributed by atoms with E-state index in [-0.39, 0.29) is 23.8 Å². The van der Waals surface area contributed by atoms with Crippen molar-refractivity contribution in [2.45, 2.75) is 32.2 Å². The van der Waals surface area contributed by atoms with Crippen LogP contribution in [-0.4, -0.2) is 42.4 Å². The maximum Gasteiger partial charge on any atom is 0.228 e. The Labute approximate surface area is 131 Å². The second-order valence-electron chi connectivity index (χ2n) is 6.35. The molecule has 1 unspecified atom stereocenters. The van der Waals surface area contributed by atoms with Crippen LogP contribution in [0.5, 0.6) is 0 Å². The highest BCUT2D eigenvalue weighted by molar-refractivity contribution is 6.00. The van der Waals surface area contributed by atoms with Gasteiger partial charge < -0.3 is 15.5 Å². The largest absolute Gasteiger partial charge is 0.342 e. The van der Waals surface area contributed by atoms with Crippen molar-refractivity contribution in [3.05, 3.63) is 29.8 Å². The molecule has 22 heavy (non-hydrogen) atoms. The highest BCUT2D eigenvalue weighted by Crippen LogP contribution is 2.29. The molecule has 3 rings (SSSR count). The van der Waals surface area contributed by atoms with E-state index in [9.17, 15) is 9.59 Å². The Bertz CT molecular complexity index is 579. The fraction of sp³-hybridized carbons (Fsp3) is 0.529. The molecule has 2 N–H and O–H groups in total. The van der Waals surface area contributed by atoms with Crippen LogP contribution in [0.15, 0.2) is 24.3 Å². The molecule has 0 aromatic heterocycles. The molecular weight excluding hydrogens is 278 g/mol. The lowest BCUT2D eigenvalue weighted by molar-refractivity contribution is -0.136. The first-order valence-electron chi connectivity index (χ1n) is 7.96. The molecule has 1 aromatic rings. The Hall–Kier alpha value is -1.88.